The van der Waals surface area contributed by atoms with E-state index in [1.54, 1.807) is 18.5 Å². The molecule has 1 unspecified atom stereocenters. The summed E-state index contributed by atoms with van der Waals surface area (Å²) in [6, 6.07) is 8.10. The topological polar surface area (TPSA) is 74.3 Å². The lowest BCUT2D eigenvalue weighted by atomic mass is 10.0. The van der Waals surface area contributed by atoms with Crippen LogP contribution >= 0.6 is 0 Å². The number of aromatic nitrogens is 3. The molecule has 0 aliphatic carbocycles. The number of H-pyrrole nitrogens is 1. The first kappa shape index (κ1) is 26.4. The van der Waals surface area contributed by atoms with E-state index in [0.29, 0.717) is 28.6 Å². The summed E-state index contributed by atoms with van der Waals surface area (Å²) in [5.74, 6) is 1.09. The van der Waals surface area contributed by atoms with E-state index in [1.807, 2.05) is 18.2 Å². The van der Waals surface area contributed by atoms with Gasteiger partial charge in [0.05, 0.1) is 17.1 Å². The van der Waals surface area contributed by atoms with Gasteiger partial charge in [-0.2, -0.15) is 4.98 Å². The van der Waals surface area contributed by atoms with E-state index in [-0.39, 0.29) is 11.6 Å². The molecule has 1 aromatic carbocycles. The lowest BCUT2D eigenvalue weighted by molar-refractivity contribution is 0.249. The smallest absolute Gasteiger partial charge is 0.302 e. The summed E-state index contributed by atoms with van der Waals surface area (Å²) in [4.78, 5) is 28.4. The van der Waals surface area contributed by atoms with Gasteiger partial charge in [0.25, 0.3) is 5.56 Å². The molecule has 194 valence electrons. The first-order valence-electron chi connectivity index (χ1n) is 12.9. The minimum absolute atomic E-state index is 0.143. The molecule has 3 heterocycles. The molecule has 4 rings (SSSR count). The maximum Gasteiger partial charge on any atom is 0.302 e. The van der Waals surface area contributed by atoms with Gasteiger partial charge in [0.15, 0.2) is 0 Å². The Bertz CT molecular complexity index is 1390. The van der Waals surface area contributed by atoms with Crippen LogP contribution in [0.2, 0.25) is 0 Å². The van der Waals surface area contributed by atoms with Crippen molar-refractivity contribution < 1.29 is 4.74 Å². The lowest BCUT2D eigenvalue weighted by Crippen LogP contribution is -2.46. The maximum atomic E-state index is 12.4. The van der Waals surface area contributed by atoms with E-state index in [2.05, 4.69) is 84.3 Å². The molecule has 1 aliphatic heterocycles. The number of aromatic amines is 1. The van der Waals surface area contributed by atoms with E-state index in [1.165, 1.54) is 5.57 Å². The fourth-order valence-electron chi connectivity index (χ4n) is 4.64. The molecule has 3 aromatic rings. The molecule has 1 aliphatic rings. The van der Waals surface area contributed by atoms with Crippen LogP contribution in [0.15, 0.2) is 77.5 Å². The summed E-state index contributed by atoms with van der Waals surface area (Å²) < 4.78 is 5.97. The third-order valence-corrected chi connectivity index (χ3v) is 7.01. The molecule has 1 saturated heterocycles. The zero-order valence-electron chi connectivity index (χ0n) is 22.5. The standard InChI is InChI=1S/C30H37N5O2/c1-7-23(11-10-21(4)20(2)3)35(24-9-8-16-34(6)19-24)28-13-12-25(17-22(28)5)37-30-32-27-18-31-15-14-26(27)29(36)33-30/h7,10-15,17-18,20,24H,1,8-9,16,19H2,2-6H3,(H,32,33,36)/b21-10+,23-11+. The third-order valence-electron chi connectivity index (χ3n) is 7.01. The van der Waals surface area contributed by atoms with Gasteiger partial charge in [-0.3, -0.25) is 14.8 Å². The number of aryl methyl sites for hydroxylation is 1. The Kier molecular flexibility index (Phi) is 8.24. The number of nitrogens with zero attached hydrogens (tertiary/aromatic N) is 4. The molecule has 0 radical (unpaired) electrons. The van der Waals surface area contributed by atoms with Gasteiger partial charge < -0.3 is 14.5 Å². The van der Waals surface area contributed by atoms with Crippen molar-refractivity contribution in [2.24, 2.45) is 5.92 Å². The Morgan fingerprint density at radius 3 is 2.81 bits per heavy atom. The van der Waals surface area contributed by atoms with Crippen LogP contribution in [-0.4, -0.2) is 46.0 Å². The number of nitrogens with one attached hydrogen (secondary N) is 1. The zero-order valence-corrected chi connectivity index (χ0v) is 22.5. The number of rotatable bonds is 8. The Morgan fingerprint density at radius 2 is 2.11 bits per heavy atom. The molecular formula is C30H37N5O2. The Hall–Kier alpha value is -3.71. The SMILES string of the molecule is C=C/C(=C\C=C(/C)C(C)C)N(c1ccc(Oc2nc3cnccc3c(=O)[nH]2)cc1C)C1CCCN(C)C1. The minimum Gasteiger partial charge on any atom is -0.426 e. The summed E-state index contributed by atoms with van der Waals surface area (Å²) in [6.07, 6.45) is 11.7. The number of likely N-dealkylation sites (N-methyl/N-ethyl adjacent to an activating group) is 1. The molecular weight excluding hydrogens is 462 g/mol. The van der Waals surface area contributed by atoms with Crippen molar-refractivity contribution in [2.45, 2.75) is 46.6 Å². The highest BCUT2D eigenvalue weighted by Gasteiger charge is 2.27. The van der Waals surface area contributed by atoms with Crippen LogP contribution in [0.4, 0.5) is 5.69 Å². The quantitative estimate of drug-likeness (QED) is 0.384. The van der Waals surface area contributed by atoms with Crippen LogP contribution in [0, 0.1) is 12.8 Å². The summed E-state index contributed by atoms with van der Waals surface area (Å²) in [6.45, 7) is 14.9. The van der Waals surface area contributed by atoms with Crippen LogP contribution < -0.4 is 15.2 Å². The molecule has 0 saturated carbocycles. The number of anilines is 1. The summed E-state index contributed by atoms with van der Waals surface area (Å²) >= 11 is 0. The van der Waals surface area contributed by atoms with E-state index in [0.717, 1.165) is 42.9 Å². The van der Waals surface area contributed by atoms with Gasteiger partial charge >= 0.3 is 6.01 Å². The van der Waals surface area contributed by atoms with Crippen molar-refractivity contribution in [1.29, 1.82) is 0 Å². The molecule has 7 nitrogen and oxygen atoms in total. The van der Waals surface area contributed by atoms with Gasteiger partial charge in [-0.15, -0.1) is 0 Å². The minimum atomic E-state index is -0.256. The second-order valence-electron chi connectivity index (χ2n) is 10.1. The molecule has 0 amide bonds. The molecule has 0 bridgehead atoms. The predicted molar refractivity (Wildman–Crippen MR) is 151 cm³/mol. The predicted octanol–water partition coefficient (Wildman–Crippen LogP) is 5.99. The second-order valence-corrected chi connectivity index (χ2v) is 10.1. The van der Waals surface area contributed by atoms with Crippen molar-refractivity contribution >= 4 is 16.6 Å². The Labute approximate surface area is 219 Å². The number of fused-ring (bicyclic) bond motifs is 1. The largest absolute Gasteiger partial charge is 0.426 e. The highest BCUT2D eigenvalue weighted by atomic mass is 16.5. The Balaban J connectivity index is 1.69. The van der Waals surface area contributed by atoms with Gasteiger partial charge in [0, 0.05) is 30.2 Å². The first-order chi connectivity index (χ1) is 17.8. The summed E-state index contributed by atoms with van der Waals surface area (Å²) in [5, 5.41) is 0.479. The average Bonchev–Trinajstić information content (AvgIpc) is 2.87. The van der Waals surface area contributed by atoms with Crippen LogP contribution in [0.25, 0.3) is 10.9 Å². The fourth-order valence-corrected chi connectivity index (χ4v) is 4.64. The lowest BCUT2D eigenvalue weighted by Gasteiger charge is -2.40. The molecule has 37 heavy (non-hydrogen) atoms. The van der Waals surface area contributed by atoms with Crippen molar-refractivity contribution in [1.82, 2.24) is 19.9 Å². The number of likely N-dealkylation sites (tertiary alicyclic amines) is 1. The highest BCUT2D eigenvalue weighted by molar-refractivity contribution is 5.76. The number of hydrogen-bond donors (Lipinski definition) is 1. The molecule has 1 fully saturated rings. The molecule has 1 N–H and O–H groups in total. The number of pyridine rings is 1. The van der Waals surface area contributed by atoms with Crippen molar-refractivity contribution in [2.75, 3.05) is 25.0 Å². The number of ether oxygens (including phenoxy) is 1. The molecule has 1 atom stereocenters. The van der Waals surface area contributed by atoms with Crippen LogP contribution in [0.1, 0.15) is 39.2 Å². The average molecular weight is 500 g/mol. The maximum absolute atomic E-state index is 12.4. The molecule has 0 spiro atoms. The summed E-state index contributed by atoms with van der Waals surface area (Å²) in [7, 11) is 2.18. The summed E-state index contributed by atoms with van der Waals surface area (Å²) in [5.41, 5.74) is 4.81. The van der Waals surface area contributed by atoms with Crippen LogP contribution in [0.3, 0.4) is 0 Å². The van der Waals surface area contributed by atoms with Crippen LogP contribution in [0.5, 0.6) is 11.8 Å². The first-order valence-corrected chi connectivity index (χ1v) is 12.9. The van der Waals surface area contributed by atoms with Gasteiger partial charge in [-0.05, 0) is 88.2 Å². The number of allylic oxidation sites excluding steroid dienone is 4. The molecule has 7 heteroatoms. The number of benzene rings is 1. The van der Waals surface area contributed by atoms with Crippen LogP contribution in [-0.2, 0) is 0 Å². The molecule has 2 aromatic heterocycles. The van der Waals surface area contributed by atoms with Gasteiger partial charge in [-0.25, -0.2) is 0 Å². The second kappa shape index (κ2) is 11.6. The van der Waals surface area contributed by atoms with E-state index >= 15 is 0 Å². The zero-order chi connectivity index (χ0) is 26.5. The number of piperidine rings is 1. The highest BCUT2D eigenvalue weighted by Crippen LogP contribution is 2.33. The third kappa shape index (κ3) is 6.17. The monoisotopic (exact) mass is 499 g/mol. The Morgan fingerprint density at radius 1 is 1.30 bits per heavy atom. The van der Waals surface area contributed by atoms with Gasteiger partial charge in [-0.1, -0.05) is 32.1 Å². The van der Waals surface area contributed by atoms with E-state index in [4.69, 9.17) is 4.74 Å². The van der Waals surface area contributed by atoms with Gasteiger partial charge in [0.1, 0.15) is 5.75 Å². The fraction of sp³-hybridized carbons (Fsp3) is 0.367. The van der Waals surface area contributed by atoms with E-state index in [9.17, 15) is 4.79 Å². The normalized spacial score (nSPS) is 17.3. The van der Waals surface area contributed by atoms with Crippen molar-refractivity contribution in [3.63, 3.8) is 0 Å². The number of hydrogen-bond acceptors (Lipinski definition) is 6. The van der Waals surface area contributed by atoms with Crippen molar-refractivity contribution in [3.05, 3.63) is 88.7 Å². The van der Waals surface area contributed by atoms with Crippen molar-refractivity contribution in [3.8, 4) is 11.8 Å². The van der Waals surface area contributed by atoms with Gasteiger partial charge in [0.2, 0.25) is 0 Å². The van der Waals surface area contributed by atoms with E-state index < -0.39 is 0 Å².